The van der Waals surface area contributed by atoms with Crippen LogP contribution < -0.4 is 4.74 Å². The molecule has 2 aromatic rings. The first-order valence-corrected chi connectivity index (χ1v) is 9.44. The zero-order chi connectivity index (χ0) is 18.6. The average molecular weight is 421 g/mol. The van der Waals surface area contributed by atoms with Crippen LogP contribution in [0, 0.1) is 0 Å². The number of halogens is 1. The van der Waals surface area contributed by atoms with Crippen LogP contribution in [0.15, 0.2) is 48.5 Å². The molecule has 0 saturated carbocycles. The molecule has 0 aliphatic heterocycles. The fourth-order valence-corrected chi connectivity index (χ4v) is 2.73. The summed E-state index contributed by atoms with van der Waals surface area (Å²) in [7, 11) is 0. The molecule has 0 unspecified atom stereocenters. The van der Waals surface area contributed by atoms with E-state index in [0.717, 1.165) is 26.9 Å². The van der Waals surface area contributed by atoms with Gasteiger partial charge in [0, 0.05) is 17.7 Å². The van der Waals surface area contributed by atoms with E-state index < -0.39 is 0 Å². The largest absolute Gasteiger partial charge is 0.468 e. The minimum atomic E-state index is 0.221. The average Bonchev–Trinajstić information content (AvgIpc) is 2.66. The molecule has 0 atom stereocenters. The smallest absolute Gasteiger partial charge is 0.189 e. The Kier molecular flexibility index (Phi) is 9.42. The summed E-state index contributed by atoms with van der Waals surface area (Å²) < 4.78 is 22.7. The summed E-state index contributed by atoms with van der Waals surface area (Å²) in [5, 5.41) is 0. The normalized spacial score (nSPS) is 11.6. The number of benzene rings is 2. The first-order chi connectivity index (χ1) is 12.7. The van der Waals surface area contributed by atoms with Crippen LogP contribution in [0.25, 0.3) is 10.6 Å². The topological polar surface area (TPSA) is 36.9 Å². The summed E-state index contributed by atoms with van der Waals surface area (Å²) in [6.45, 7) is 6.07. The second-order valence-electron chi connectivity index (χ2n) is 5.48. The molecule has 26 heavy (non-hydrogen) atoms. The molecule has 0 N–H and O–H groups in total. The van der Waals surface area contributed by atoms with Crippen molar-refractivity contribution in [2.45, 2.75) is 20.5 Å². The summed E-state index contributed by atoms with van der Waals surface area (Å²) in [5.74, 6) is 0.740. The van der Waals surface area contributed by atoms with Gasteiger partial charge in [-0.1, -0.05) is 46.3 Å². The molecular formula is C21H25BrO4. The van der Waals surface area contributed by atoms with Crippen molar-refractivity contribution in [1.29, 1.82) is 0 Å². The molecule has 140 valence electrons. The van der Waals surface area contributed by atoms with E-state index in [1.807, 2.05) is 44.2 Å². The third-order valence-electron chi connectivity index (χ3n) is 3.49. The van der Waals surface area contributed by atoms with E-state index in [1.165, 1.54) is 0 Å². The molecule has 0 saturated heterocycles. The van der Waals surface area contributed by atoms with E-state index >= 15 is 0 Å². The highest BCUT2D eigenvalue weighted by Gasteiger charge is 2.06. The van der Waals surface area contributed by atoms with Gasteiger partial charge in [0.25, 0.3) is 0 Å². The van der Waals surface area contributed by atoms with E-state index in [9.17, 15) is 0 Å². The van der Waals surface area contributed by atoms with E-state index in [2.05, 4.69) is 40.2 Å². The standard InChI is InChI=1S/C21H25BrO4/c1-3-23-15-25-14-18-10-19(13-20(11-18)26-16-24-4-2)21(22)12-17-8-6-5-7-9-17/h5-13H,3-4,14-16H2,1-2H3. The second kappa shape index (κ2) is 11.9. The molecular weight excluding hydrogens is 396 g/mol. The van der Waals surface area contributed by atoms with Crippen molar-refractivity contribution in [2.75, 3.05) is 26.8 Å². The van der Waals surface area contributed by atoms with Crippen LogP contribution >= 0.6 is 15.9 Å². The Labute approximate surface area is 163 Å². The van der Waals surface area contributed by atoms with Crippen LogP contribution in [0.2, 0.25) is 0 Å². The van der Waals surface area contributed by atoms with E-state index in [1.54, 1.807) is 0 Å². The van der Waals surface area contributed by atoms with Gasteiger partial charge in [0.05, 0.1) is 6.61 Å². The quantitative estimate of drug-likeness (QED) is 0.274. The summed E-state index contributed by atoms with van der Waals surface area (Å²) in [4.78, 5) is 0. The van der Waals surface area contributed by atoms with Crippen molar-refractivity contribution in [3.63, 3.8) is 0 Å². The number of hydrogen-bond acceptors (Lipinski definition) is 4. The van der Waals surface area contributed by atoms with Gasteiger partial charge in [0.2, 0.25) is 0 Å². The van der Waals surface area contributed by atoms with Crippen LogP contribution in [0.1, 0.15) is 30.5 Å². The van der Waals surface area contributed by atoms with Crippen molar-refractivity contribution in [3.05, 3.63) is 65.2 Å². The Morgan fingerprint density at radius 2 is 1.65 bits per heavy atom. The third-order valence-corrected chi connectivity index (χ3v) is 4.17. The van der Waals surface area contributed by atoms with Crippen LogP contribution in [-0.2, 0) is 20.8 Å². The van der Waals surface area contributed by atoms with E-state index in [4.69, 9.17) is 18.9 Å². The van der Waals surface area contributed by atoms with Gasteiger partial charge >= 0.3 is 0 Å². The Morgan fingerprint density at radius 1 is 0.923 bits per heavy atom. The number of ether oxygens (including phenoxy) is 4. The summed E-state index contributed by atoms with van der Waals surface area (Å²) in [5.41, 5.74) is 3.14. The van der Waals surface area contributed by atoms with Gasteiger partial charge in [-0.25, -0.2) is 0 Å². The lowest BCUT2D eigenvalue weighted by atomic mass is 10.1. The van der Waals surface area contributed by atoms with Crippen LogP contribution in [0.3, 0.4) is 0 Å². The number of hydrogen-bond donors (Lipinski definition) is 0. The van der Waals surface area contributed by atoms with Crippen molar-refractivity contribution in [3.8, 4) is 5.75 Å². The minimum absolute atomic E-state index is 0.221. The highest BCUT2D eigenvalue weighted by atomic mass is 79.9. The maximum Gasteiger partial charge on any atom is 0.189 e. The van der Waals surface area contributed by atoms with Crippen LogP contribution in [0.5, 0.6) is 5.75 Å². The minimum Gasteiger partial charge on any atom is -0.468 e. The lowest BCUT2D eigenvalue weighted by Crippen LogP contribution is -2.04. The molecule has 0 heterocycles. The Morgan fingerprint density at radius 3 is 2.38 bits per heavy atom. The molecule has 5 heteroatoms. The lowest BCUT2D eigenvalue weighted by molar-refractivity contribution is -0.0572. The van der Waals surface area contributed by atoms with Crippen molar-refractivity contribution in [2.24, 2.45) is 0 Å². The van der Waals surface area contributed by atoms with Gasteiger partial charge in [-0.15, -0.1) is 0 Å². The SMILES string of the molecule is CCOCOCc1cc(OCOCC)cc(C(Br)=Cc2ccccc2)c1. The van der Waals surface area contributed by atoms with Gasteiger partial charge in [0.15, 0.2) is 6.79 Å². The Balaban J connectivity index is 2.18. The molecule has 0 bridgehead atoms. The van der Waals surface area contributed by atoms with Gasteiger partial charge in [-0.3, -0.25) is 0 Å². The zero-order valence-corrected chi connectivity index (χ0v) is 16.8. The second-order valence-corrected chi connectivity index (χ2v) is 6.34. The van der Waals surface area contributed by atoms with Crippen molar-refractivity contribution < 1.29 is 18.9 Å². The molecule has 2 rings (SSSR count). The zero-order valence-electron chi connectivity index (χ0n) is 15.2. The molecule has 0 aliphatic rings. The van der Waals surface area contributed by atoms with Gasteiger partial charge in [0.1, 0.15) is 12.5 Å². The van der Waals surface area contributed by atoms with Crippen molar-refractivity contribution in [1.82, 2.24) is 0 Å². The molecule has 0 aromatic heterocycles. The van der Waals surface area contributed by atoms with Crippen LogP contribution in [0.4, 0.5) is 0 Å². The maximum absolute atomic E-state index is 5.70. The molecule has 0 aliphatic carbocycles. The molecule has 2 aromatic carbocycles. The van der Waals surface area contributed by atoms with Gasteiger partial charge in [-0.05, 0) is 54.8 Å². The summed E-state index contributed by atoms with van der Waals surface area (Å²) in [6, 6.07) is 16.2. The summed E-state index contributed by atoms with van der Waals surface area (Å²) in [6.07, 6.45) is 2.08. The predicted octanol–water partition coefficient (Wildman–Crippen LogP) is 5.46. The third kappa shape index (κ3) is 7.30. The molecule has 0 amide bonds. The highest BCUT2D eigenvalue weighted by molar-refractivity contribution is 9.15. The predicted molar refractivity (Wildman–Crippen MR) is 108 cm³/mol. The lowest BCUT2D eigenvalue weighted by Gasteiger charge is -2.12. The molecule has 4 nitrogen and oxygen atoms in total. The Bertz CT molecular complexity index is 686. The fourth-order valence-electron chi connectivity index (χ4n) is 2.24. The van der Waals surface area contributed by atoms with Gasteiger partial charge in [-0.2, -0.15) is 0 Å². The molecule has 0 radical (unpaired) electrons. The van der Waals surface area contributed by atoms with Gasteiger partial charge < -0.3 is 18.9 Å². The highest BCUT2D eigenvalue weighted by Crippen LogP contribution is 2.29. The maximum atomic E-state index is 5.70. The molecule has 0 spiro atoms. The van der Waals surface area contributed by atoms with E-state index in [0.29, 0.717) is 19.8 Å². The van der Waals surface area contributed by atoms with Crippen LogP contribution in [-0.4, -0.2) is 26.8 Å². The monoisotopic (exact) mass is 420 g/mol. The fraction of sp³-hybridized carbons (Fsp3) is 0.333. The first-order valence-electron chi connectivity index (χ1n) is 8.65. The number of rotatable bonds is 11. The molecule has 0 fully saturated rings. The first kappa shape index (κ1) is 20.6. The van der Waals surface area contributed by atoms with Crippen molar-refractivity contribution >= 4 is 26.5 Å². The Hall–Kier alpha value is -1.66. The summed E-state index contributed by atoms with van der Waals surface area (Å²) >= 11 is 3.67. The van der Waals surface area contributed by atoms with E-state index in [-0.39, 0.29) is 13.6 Å².